The zero-order valence-electron chi connectivity index (χ0n) is 23.9. The van der Waals surface area contributed by atoms with Crippen molar-refractivity contribution in [3.05, 3.63) is 144 Å². The van der Waals surface area contributed by atoms with Gasteiger partial charge < -0.3 is 9.32 Å². The van der Waals surface area contributed by atoms with E-state index in [9.17, 15) is 9.59 Å². The number of hydrogen-bond acceptors (Lipinski definition) is 8. The van der Waals surface area contributed by atoms with Crippen molar-refractivity contribution < 1.29 is 14.0 Å². The zero-order valence-corrected chi connectivity index (χ0v) is 27.8. The highest BCUT2D eigenvalue weighted by Crippen LogP contribution is 2.55. The fourth-order valence-corrected chi connectivity index (χ4v) is 8.74. The van der Waals surface area contributed by atoms with Crippen LogP contribution < -0.4 is 15.2 Å². The highest BCUT2D eigenvalue weighted by molar-refractivity contribution is 8.00. The third-order valence-corrected chi connectivity index (χ3v) is 11.3. The zero-order chi connectivity index (χ0) is 32.4. The predicted molar refractivity (Wildman–Crippen MR) is 185 cm³/mol. The van der Waals surface area contributed by atoms with Crippen LogP contribution in [-0.4, -0.2) is 22.0 Å². The maximum atomic E-state index is 15.1. The van der Waals surface area contributed by atoms with Crippen LogP contribution in [0.3, 0.4) is 0 Å². The van der Waals surface area contributed by atoms with Crippen LogP contribution in [0.15, 0.2) is 105 Å². The molecule has 2 aromatic heterocycles. The van der Waals surface area contributed by atoms with Gasteiger partial charge in [0.1, 0.15) is 5.58 Å². The summed E-state index contributed by atoms with van der Waals surface area (Å²) in [7, 11) is 0. The van der Waals surface area contributed by atoms with Gasteiger partial charge in [-0.15, -0.1) is 10.2 Å². The number of carbonyl (C=O) groups excluding carboxylic acids is 2. The Bertz CT molecular complexity index is 2340. The van der Waals surface area contributed by atoms with Crippen LogP contribution in [0.1, 0.15) is 32.8 Å². The van der Waals surface area contributed by atoms with Crippen LogP contribution in [-0.2, 0) is 22.6 Å². The van der Waals surface area contributed by atoms with Crippen LogP contribution >= 0.6 is 57.9 Å². The standard InChI is InChI=1S/C34H19Cl3N4O4S2/c35-20-13-14-26-21(15-20)28(42)27-29(45-26)30(43)41(32-38-39-33(47-32)46-17-19-8-2-5-11-24(19)37)34(27)22-9-3-6-12-25(22)40(31(34)44)16-18-7-1-4-10-23(18)36/h1-15H,16-17H2. The van der Waals surface area contributed by atoms with Crippen molar-refractivity contribution in [2.24, 2.45) is 0 Å². The third-order valence-electron chi connectivity index (χ3n) is 8.27. The summed E-state index contributed by atoms with van der Waals surface area (Å²) >= 11 is 21.7. The Morgan fingerprint density at radius 1 is 0.830 bits per heavy atom. The Morgan fingerprint density at radius 2 is 1.53 bits per heavy atom. The lowest BCUT2D eigenvalue weighted by Gasteiger charge is -2.32. The molecule has 1 spiro atoms. The van der Waals surface area contributed by atoms with Gasteiger partial charge >= 0.3 is 0 Å². The molecule has 6 aromatic rings. The normalized spacial score (nSPS) is 16.8. The van der Waals surface area contributed by atoms with E-state index in [-0.39, 0.29) is 34.0 Å². The van der Waals surface area contributed by atoms with Crippen molar-refractivity contribution in [1.82, 2.24) is 10.2 Å². The highest BCUT2D eigenvalue weighted by atomic mass is 35.5. The van der Waals surface area contributed by atoms with Gasteiger partial charge in [-0.3, -0.25) is 19.3 Å². The first-order chi connectivity index (χ1) is 22.8. The fourth-order valence-electron chi connectivity index (χ4n) is 6.20. The molecule has 0 saturated heterocycles. The van der Waals surface area contributed by atoms with Gasteiger partial charge in [0.05, 0.1) is 23.2 Å². The van der Waals surface area contributed by atoms with Crippen molar-refractivity contribution >= 4 is 91.5 Å². The SMILES string of the molecule is O=C1c2oc3ccc(Cl)cc3c(=O)c2C2(C(=O)N(Cc3ccccc3Cl)c3ccccc32)N1c1nnc(SCc2ccccc2Cl)s1. The summed E-state index contributed by atoms with van der Waals surface area (Å²) in [6, 6.07) is 26.3. The number of anilines is 2. The minimum Gasteiger partial charge on any atom is -0.450 e. The summed E-state index contributed by atoms with van der Waals surface area (Å²) in [5, 5.41) is 10.4. The summed E-state index contributed by atoms with van der Waals surface area (Å²) in [4.78, 5) is 46.9. The van der Waals surface area contributed by atoms with Crippen LogP contribution in [0, 0.1) is 0 Å². The number of carbonyl (C=O) groups is 2. The summed E-state index contributed by atoms with van der Waals surface area (Å²) < 4.78 is 6.69. The van der Waals surface area contributed by atoms with E-state index in [0.29, 0.717) is 42.0 Å². The number of thioether (sulfide) groups is 1. The largest absolute Gasteiger partial charge is 0.450 e. The molecule has 8 nitrogen and oxygen atoms in total. The predicted octanol–water partition coefficient (Wildman–Crippen LogP) is 8.35. The highest BCUT2D eigenvalue weighted by Gasteiger charge is 2.66. The van der Waals surface area contributed by atoms with E-state index in [4.69, 9.17) is 39.2 Å². The number of halogens is 3. The molecule has 1 atom stereocenters. The minimum absolute atomic E-state index is 0.0917. The molecule has 4 heterocycles. The molecular weight excluding hydrogens is 699 g/mol. The first kappa shape index (κ1) is 30.2. The Hall–Kier alpha value is -4.19. The lowest BCUT2D eigenvalue weighted by molar-refractivity contribution is -0.121. The van der Waals surface area contributed by atoms with Crippen molar-refractivity contribution in [3.63, 3.8) is 0 Å². The molecule has 8 rings (SSSR count). The molecular formula is C34H19Cl3N4O4S2. The van der Waals surface area contributed by atoms with Crippen molar-refractivity contribution in [3.8, 4) is 0 Å². The summed E-state index contributed by atoms with van der Waals surface area (Å²) in [5.41, 5.74) is 0.139. The molecule has 0 N–H and O–H groups in total. The number of amides is 2. The summed E-state index contributed by atoms with van der Waals surface area (Å²) in [5.74, 6) is -0.948. The lowest BCUT2D eigenvalue weighted by atomic mass is 9.84. The summed E-state index contributed by atoms with van der Waals surface area (Å²) in [6.45, 7) is 0.0917. The van der Waals surface area contributed by atoms with Gasteiger partial charge in [-0.25, -0.2) is 0 Å². The molecule has 2 amide bonds. The van der Waals surface area contributed by atoms with Crippen LogP contribution in [0.4, 0.5) is 10.8 Å². The maximum Gasteiger partial charge on any atom is 0.297 e. The monoisotopic (exact) mass is 716 g/mol. The Labute approximate surface area is 290 Å². The number of benzene rings is 4. The van der Waals surface area contributed by atoms with Crippen molar-refractivity contribution in [2.45, 2.75) is 22.2 Å². The van der Waals surface area contributed by atoms with E-state index in [2.05, 4.69) is 10.2 Å². The van der Waals surface area contributed by atoms with Crippen LogP contribution in [0.25, 0.3) is 11.0 Å². The van der Waals surface area contributed by atoms with Crippen molar-refractivity contribution in [1.29, 1.82) is 0 Å². The molecule has 0 saturated carbocycles. The molecule has 4 aromatic carbocycles. The van der Waals surface area contributed by atoms with Gasteiger partial charge in [0.15, 0.2) is 15.3 Å². The quantitative estimate of drug-likeness (QED) is 0.126. The average Bonchev–Trinajstić information content (AvgIpc) is 3.71. The lowest BCUT2D eigenvalue weighted by Crippen LogP contribution is -2.53. The van der Waals surface area contributed by atoms with Crippen LogP contribution in [0.2, 0.25) is 15.1 Å². The Kier molecular flexibility index (Phi) is 7.38. The smallest absolute Gasteiger partial charge is 0.297 e. The van der Waals surface area contributed by atoms with E-state index in [1.54, 1.807) is 47.4 Å². The molecule has 1 unspecified atom stereocenters. The first-order valence-corrected chi connectivity index (χ1v) is 17.2. The molecule has 0 radical (unpaired) electrons. The summed E-state index contributed by atoms with van der Waals surface area (Å²) in [6.07, 6.45) is 0. The number of nitrogens with zero attached hydrogens (tertiary/aromatic N) is 4. The number of hydrogen-bond donors (Lipinski definition) is 0. The molecule has 13 heteroatoms. The van der Waals surface area contributed by atoms with Gasteiger partial charge in [-0.1, -0.05) is 112 Å². The van der Waals surface area contributed by atoms with Gasteiger partial charge in [-0.2, -0.15) is 0 Å². The molecule has 2 aliphatic heterocycles. The van der Waals surface area contributed by atoms with E-state index >= 15 is 4.79 Å². The topological polar surface area (TPSA) is 96.6 Å². The van der Waals surface area contributed by atoms with E-state index < -0.39 is 22.8 Å². The molecule has 0 fully saturated rings. The third kappa shape index (κ3) is 4.62. The average molecular weight is 718 g/mol. The maximum absolute atomic E-state index is 15.1. The van der Waals surface area contributed by atoms with Crippen LogP contribution in [0.5, 0.6) is 0 Å². The van der Waals surface area contributed by atoms with Gasteiger partial charge in [0.2, 0.25) is 10.9 Å². The number of rotatable bonds is 6. The second kappa shape index (κ2) is 11.5. The van der Waals surface area contributed by atoms with Gasteiger partial charge in [-0.05, 0) is 47.5 Å². The molecule has 232 valence electrons. The first-order valence-electron chi connectivity index (χ1n) is 14.2. The van der Waals surface area contributed by atoms with E-state index in [1.165, 1.54) is 28.8 Å². The number of aromatic nitrogens is 2. The number of para-hydroxylation sites is 1. The van der Waals surface area contributed by atoms with E-state index in [0.717, 1.165) is 16.9 Å². The van der Waals surface area contributed by atoms with Gasteiger partial charge in [0.25, 0.3) is 11.8 Å². The molecule has 0 aliphatic carbocycles. The molecule has 47 heavy (non-hydrogen) atoms. The Morgan fingerprint density at radius 3 is 2.30 bits per heavy atom. The molecule has 2 aliphatic rings. The fraction of sp³-hybridized carbons (Fsp3) is 0.0882. The van der Waals surface area contributed by atoms with Gasteiger partial charge in [0, 0.05) is 26.4 Å². The Balaban J connectivity index is 1.33. The minimum atomic E-state index is -1.94. The molecule has 0 bridgehead atoms. The second-order valence-electron chi connectivity index (χ2n) is 10.9. The van der Waals surface area contributed by atoms with E-state index in [1.807, 2.05) is 36.4 Å². The second-order valence-corrected chi connectivity index (χ2v) is 14.3. The van der Waals surface area contributed by atoms with Crippen molar-refractivity contribution in [2.75, 3.05) is 9.80 Å². The number of fused-ring (bicyclic) bond motifs is 5.